The lowest BCUT2D eigenvalue weighted by molar-refractivity contribution is -0.142. The second-order valence-electron chi connectivity index (χ2n) is 6.01. The molecule has 11 heteroatoms. The molecule has 8 nitrogen and oxygen atoms in total. The maximum Gasteiger partial charge on any atom is 0.343 e. The van der Waals surface area contributed by atoms with Crippen molar-refractivity contribution in [2.75, 3.05) is 20.8 Å². The van der Waals surface area contributed by atoms with E-state index in [0.29, 0.717) is 26.2 Å². The molecular weight excluding hydrogens is 651 g/mol. The molecule has 0 aliphatic heterocycles. The number of rotatable bonds is 7. The molecule has 1 aromatic heterocycles. The van der Waals surface area contributed by atoms with Gasteiger partial charge in [-0.25, -0.2) is 10.2 Å². The first-order valence-electron chi connectivity index (χ1n) is 8.61. The van der Waals surface area contributed by atoms with Crippen molar-refractivity contribution in [3.05, 3.63) is 54.2 Å². The van der Waals surface area contributed by atoms with Gasteiger partial charge in [-0.3, -0.25) is 4.79 Å². The van der Waals surface area contributed by atoms with Crippen LogP contribution in [0, 0.1) is 3.57 Å². The zero-order valence-electron chi connectivity index (χ0n) is 16.2. The average molecular weight is 666 g/mol. The normalized spacial score (nSPS) is 11.0. The van der Waals surface area contributed by atoms with Gasteiger partial charge in [0, 0.05) is 9.86 Å². The Bertz CT molecular complexity index is 1180. The number of hydrogen-bond donors (Lipinski definition) is 1. The maximum absolute atomic E-state index is 12.4. The smallest absolute Gasteiger partial charge is 0.343 e. The lowest BCUT2D eigenvalue weighted by Gasteiger charge is -2.12. The number of amides is 1. The summed E-state index contributed by atoms with van der Waals surface area (Å²) in [5.41, 5.74) is 3.66. The van der Waals surface area contributed by atoms with E-state index in [9.17, 15) is 9.59 Å². The average Bonchev–Trinajstić information content (AvgIpc) is 3.16. The standard InChI is InChI=1S/C20H15Br2IN2O6/c1-28-15-4-10(3-14(23)19(15)30-9-17(26)29-2)8-24-25-20(27)16-6-11-5-12(21)7-13(22)18(11)31-16/h3-8H,9H2,1-2H3,(H,25,27)/b24-8-. The van der Waals surface area contributed by atoms with Crippen molar-refractivity contribution in [3.63, 3.8) is 0 Å². The van der Waals surface area contributed by atoms with Crippen molar-refractivity contribution in [1.29, 1.82) is 0 Å². The third-order valence-corrected chi connectivity index (χ3v) is 5.80. The van der Waals surface area contributed by atoms with Crippen LogP contribution in [0.1, 0.15) is 16.1 Å². The van der Waals surface area contributed by atoms with Crippen LogP contribution < -0.4 is 14.9 Å². The minimum atomic E-state index is -0.504. The molecule has 162 valence electrons. The fraction of sp³-hybridized carbons (Fsp3) is 0.150. The minimum Gasteiger partial charge on any atom is -0.493 e. The minimum absolute atomic E-state index is 0.129. The van der Waals surface area contributed by atoms with Crippen LogP contribution in [0.4, 0.5) is 0 Å². The summed E-state index contributed by atoms with van der Waals surface area (Å²) >= 11 is 8.86. The fourth-order valence-corrected chi connectivity index (χ4v) is 4.67. The van der Waals surface area contributed by atoms with E-state index < -0.39 is 11.9 Å². The summed E-state index contributed by atoms with van der Waals surface area (Å²) in [7, 11) is 2.77. The van der Waals surface area contributed by atoms with Crippen molar-refractivity contribution in [1.82, 2.24) is 5.43 Å². The number of furan rings is 1. The quantitative estimate of drug-likeness (QED) is 0.167. The molecule has 0 aliphatic carbocycles. The molecule has 1 heterocycles. The number of nitrogens with one attached hydrogen (secondary N) is 1. The molecule has 3 aromatic rings. The number of hydrazone groups is 1. The first-order valence-corrected chi connectivity index (χ1v) is 11.3. The van der Waals surface area contributed by atoms with Gasteiger partial charge >= 0.3 is 11.9 Å². The first kappa shape index (κ1) is 23.5. The molecule has 1 N–H and O–H groups in total. The van der Waals surface area contributed by atoms with Gasteiger partial charge in [0.1, 0.15) is 5.58 Å². The summed E-state index contributed by atoms with van der Waals surface area (Å²) in [4.78, 5) is 23.7. The Morgan fingerprint density at radius 2 is 1.97 bits per heavy atom. The highest BCUT2D eigenvalue weighted by Crippen LogP contribution is 2.34. The number of methoxy groups -OCH3 is 2. The summed E-state index contributed by atoms with van der Waals surface area (Å²) in [6.45, 7) is -0.240. The van der Waals surface area contributed by atoms with Gasteiger partial charge in [-0.1, -0.05) is 15.9 Å². The van der Waals surface area contributed by atoms with Crippen LogP contribution in [0.15, 0.2) is 48.8 Å². The van der Waals surface area contributed by atoms with E-state index in [1.165, 1.54) is 20.4 Å². The Kier molecular flexibility index (Phi) is 7.94. The Balaban J connectivity index is 1.73. The van der Waals surface area contributed by atoms with Crippen LogP contribution in [0.25, 0.3) is 11.0 Å². The third-order valence-electron chi connectivity index (χ3n) is 3.95. The summed E-state index contributed by atoms with van der Waals surface area (Å²) in [6, 6.07) is 8.75. The lowest BCUT2D eigenvalue weighted by Crippen LogP contribution is -2.16. The van der Waals surface area contributed by atoms with E-state index in [-0.39, 0.29) is 12.4 Å². The van der Waals surface area contributed by atoms with Crippen molar-refractivity contribution in [2.45, 2.75) is 0 Å². The van der Waals surface area contributed by atoms with Gasteiger partial charge in [0.05, 0.1) is 28.5 Å². The van der Waals surface area contributed by atoms with Crippen LogP contribution >= 0.6 is 54.5 Å². The number of esters is 1. The number of carbonyl (C=O) groups excluding carboxylic acids is 2. The molecule has 0 saturated carbocycles. The Hall–Kier alpha value is -2.12. The van der Waals surface area contributed by atoms with Crippen LogP contribution in [0.2, 0.25) is 0 Å². The monoisotopic (exact) mass is 664 g/mol. The second-order valence-corrected chi connectivity index (χ2v) is 8.95. The van der Waals surface area contributed by atoms with E-state index in [1.54, 1.807) is 18.2 Å². The molecule has 31 heavy (non-hydrogen) atoms. The molecule has 0 bridgehead atoms. The van der Waals surface area contributed by atoms with Gasteiger partial charge in [-0.05, 0) is 74.4 Å². The lowest BCUT2D eigenvalue weighted by atomic mass is 10.2. The molecule has 0 saturated heterocycles. The van der Waals surface area contributed by atoms with Crippen molar-refractivity contribution >= 4 is 83.5 Å². The number of ether oxygens (including phenoxy) is 3. The van der Waals surface area contributed by atoms with Gasteiger partial charge in [-0.15, -0.1) is 0 Å². The Labute approximate surface area is 207 Å². The molecule has 0 atom stereocenters. The molecule has 3 rings (SSSR count). The third kappa shape index (κ3) is 5.77. The highest BCUT2D eigenvalue weighted by Gasteiger charge is 2.15. The van der Waals surface area contributed by atoms with Crippen LogP contribution in [0.5, 0.6) is 11.5 Å². The molecule has 0 spiro atoms. The van der Waals surface area contributed by atoms with Gasteiger partial charge in [0.2, 0.25) is 0 Å². The van der Waals surface area contributed by atoms with E-state index in [0.717, 1.165) is 14.3 Å². The largest absolute Gasteiger partial charge is 0.493 e. The summed E-state index contributed by atoms with van der Waals surface area (Å²) < 4.78 is 23.3. The highest BCUT2D eigenvalue weighted by molar-refractivity contribution is 14.1. The second kappa shape index (κ2) is 10.5. The van der Waals surface area contributed by atoms with Crippen LogP contribution in [0.3, 0.4) is 0 Å². The number of fused-ring (bicyclic) bond motifs is 1. The summed E-state index contributed by atoms with van der Waals surface area (Å²) in [6.07, 6.45) is 1.46. The molecule has 0 fully saturated rings. The summed E-state index contributed by atoms with van der Waals surface area (Å²) in [5, 5.41) is 4.76. The topological polar surface area (TPSA) is 99.4 Å². The summed E-state index contributed by atoms with van der Waals surface area (Å²) in [5.74, 6) is -0.0407. The molecular formula is C20H15Br2IN2O6. The first-order chi connectivity index (χ1) is 14.8. The zero-order chi connectivity index (χ0) is 22.5. The predicted molar refractivity (Wildman–Crippen MR) is 130 cm³/mol. The van der Waals surface area contributed by atoms with Crippen molar-refractivity contribution in [3.8, 4) is 11.5 Å². The van der Waals surface area contributed by atoms with E-state index in [4.69, 9.17) is 13.9 Å². The molecule has 2 aromatic carbocycles. The zero-order valence-corrected chi connectivity index (χ0v) is 21.5. The highest BCUT2D eigenvalue weighted by atomic mass is 127. The van der Waals surface area contributed by atoms with E-state index in [2.05, 4.69) is 69.7 Å². The van der Waals surface area contributed by atoms with Crippen LogP contribution in [-0.4, -0.2) is 38.9 Å². The predicted octanol–water partition coefficient (Wildman–Crippen LogP) is 4.89. The van der Waals surface area contributed by atoms with Gasteiger partial charge in [-0.2, -0.15) is 5.10 Å². The molecule has 0 aliphatic rings. The number of hydrogen-bond acceptors (Lipinski definition) is 7. The van der Waals surface area contributed by atoms with E-state index >= 15 is 0 Å². The van der Waals surface area contributed by atoms with Gasteiger partial charge < -0.3 is 18.6 Å². The molecule has 0 radical (unpaired) electrons. The molecule has 1 amide bonds. The number of halogens is 3. The number of benzene rings is 2. The fourth-order valence-electron chi connectivity index (χ4n) is 2.55. The van der Waals surface area contributed by atoms with Crippen molar-refractivity contribution < 1.29 is 28.2 Å². The van der Waals surface area contributed by atoms with Gasteiger partial charge in [0.25, 0.3) is 0 Å². The van der Waals surface area contributed by atoms with E-state index in [1.807, 2.05) is 12.1 Å². The number of carbonyl (C=O) groups is 2. The van der Waals surface area contributed by atoms with Crippen molar-refractivity contribution in [2.24, 2.45) is 5.10 Å². The Morgan fingerprint density at radius 3 is 2.68 bits per heavy atom. The maximum atomic E-state index is 12.4. The number of nitrogens with zero attached hydrogens (tertiary/aromatic N) is 1. The Morgan fingerprint density at radius 1 is 1.19 bits per heavy atom. The van der Waals surface area contributed by atoms with Crippen LogP contribution in [-0.2, 0) is 9.53 Å². The molecule has 0 unspecified atom stereocenters. The SMILES string of the molecule is COC(=O)COc1c(I)cc(/C=N\NC(=O)c2cc3cc(Br)cc(Br)c3o2)cc1OC. The van der Waals surface area contributed by atoms with Gasteiger partial charge in [0.15, 0.2) is 23.9 Å².